The quantitative estimate of drug-likeness (QED) is 0.624. The largest absolute Gasteiger partial charge is 0.478 e. The molecule has 1 saturated heterocycles. The molecule has 0 saturated carbocycles. The highest BCUT2D eigenvalue weighted by atomic mass is 35.5. The van der Waals surface area contributed by atoms with E-state index in [-0.39, 0.29) is 0 Å². The maximum absolute atomic E-state index is 11.1. The van der Waals surface area contributed by atoms with E-state index in [1.807, 2.05) is 24.3 Å². The monoisotopic (exact) mass is 438 g/mol. The Kier molecular flexibility index (Phi) is 7.31. The van der Waals surface area contributed by atoms with Crippen LogP contribution in [-0.2, 0) is 0 Å². The second-order valence-corrected chi connectivity index (χ2v) is 9.05. The van der Waals surface area contributed by atoms with Gasteiger partial charge in [-0.25, -0.2) is 4.79 Å². The number of carbonyl (C=O) groups is 1. The number of carboxylic acid groups (broad SMARTS) is 1. The Bertz CT molecular complexity index is 913. The highest BCUT2D eigenvalue weighted by molar-refractivity contribution is 6.30. The lowest BCUT2D eigenvalue weighted by Gasteiger charge is -2.37. The van der Waals surface area contributed by atoms with Crippen molar-refractivity contribution in [3.8, 4) is 0 Å². The molecule has 4 rings (SSSR count). The van der Waals surface area contributed by atoms with Crippen LogP contribution < -0.4 is 4.90 Å². The van der Waals surface area contributed by atoms with E-state index in [0.29, 0.717) is 5.56 Å². The third-order valence-corrected chi connectivity index (χ3v) is 6.79. The van der Waals surface area contributed by atoms with Crippen LogP contribution >= 0.6 is 11.6 Å². The van der Waals surface area contributed by atoms with Crippen LogP contribution in [0.15, 0.2) is 54.1 Å². The molecule has 31 heavy (non-hydrogen) atoms. The lowest BCUT2D eigenvalue weighted by atomic mass is 9.88. The molecule has 0 radical (unpaired) electrons. The first kappa shape index (κ1) is 21.9. The van der Waals surface area contributed by atoms with Gasteiger partial charge in [0.2, 0.25) is 0 Å². The molecule has 1 fully saturated rings. The molecule has 0 atom stereocenters. The Labute approximate surface area is 190 Å². The first-order chi connectivity index (χ1) is 15.1. The highest BCUT2D eigenvalue weighted by Crippen LogP contribution is 2.32. The van der Waals surface area contributed by atoms with Crippen molar-refractivity contribution in [1.29, 1.82) is 0 Å². The van der Waals surface area contributed by atoms with Gasteiger partial charge >= 0.3 is 5.97 Å². The normalized spacial score (nSPS) is 20.9. The van der Waals surface area contributed by atoms with E-state index in [0.717, 1.165) is 49.9 Å². The van der Waals surface area contributed by atoms with Crippen LogP contribution in [0.25, 0.3) is 5.57 Å². The van der Waals surface area contributed by atoms with Crippen molar-refractivity contribution < 1.29 is 9.90 Å². The molecule has 2 aromatic carbocycles. The number of benzene rings is 2. The zero-order chi connectivity index (χ0) is 21.6. The van der Waals surface area contributed by atoms with Gasteiger partial charge in [-0.3, -0.25) is 4.90 Å². The van der Waals surface area contributed by atoms with Crippen LogP contribution in [0.5, 0.6) is 0 Å². The Balaban J connectivity index is 1.44. The summed E-state index contributed by atoms with van der Waals surface area (Å²) in [6.45, 7) is 5.03. The summed E-state index contributed by atoms with van der Waals surface area (Å²) in [5.74, 6) is -0.875. The maximum atomic E-state index is 11.1. The fourth-order valence-electron chi connectivity index (χ4n) is 4.74. The minimum Gasteiger partial charge on any atom is -0.478 e. The van der Waals surface area contributed by atoms with E-state index in [1.54, 1.807) is 17.7 Å². The smallest absolute Gasteiger partial charge is 0.335 e. The standard InChI is InChI=1S/C26H31ClN2O2/c27-23-11-7-20(8-12-23)25-6-4-2-1-3-5-22(25)19-28-15-17-29(18-16-28)24-13-9-21(10-14-24)26(30)31/h7-14H,1-6,15-19H2,(H,30,31)/b25-22-. The molecule has 1 heterocycles. The Morgan fingerprint density at radius 1 is 0.839 bits per heavy atom. The van der Waals surface area contributed by atoms with E-state index >= 15 is 0 Å². The SMILES string of the molecule is O=C(O)c1ccc(N2CCN(C/C3=C(\c4ccc(Cl)cc4)CCCCCC3)CC2)cc1. The second-order valence-electron chi connectivity index (χ2n) is 8.62. The van der Waals surface area contributed by atoms with Gasteiger partial charge in [-0.2, -0.15) is 0 Å². The highest BCUT2D eigenvalue weighted by Gasteiger charge is 2.20. The lowest BCUT2D eigenvalue weighted by Crippen LogP contribution is -2.47. The summed E-state index contributed by atoms with van der Waals surface area (Å²) in [6.07, 6.45) is 7.55. The summed E-state index contributed by atoms with van der Waals surface area (Å²) >= 11 is 6.13. The summed E-state index contributed by atoms with van der Waals surface area (Å²) in [5, 5.41) is 9.90. The fourth-order valence-corrected chi connectivity index (χ4v) is 4.87. The number of hydrogen-bond acceptors (Lipinski definition) is 3. The molecule has 1 N–H and O–H groups in total. The van der Waals surface area contributed by atoms with E-state index < -0.39 is 5.97 Å². The molecule has 1 aliphatic heterocycles. The third-order valence-electron chi connectivity index (χ3n) is 6.54. The molecule has 0 unspecified atom stereocenters. The number of piperazine rings is 1. The average Bonchev–Trinajstić information content (AvgIpc) is 2.77. The topological polar surface area (TPSA) is 43.8 Å². The van der Waals surface area contributed by atoms with E-state index in [1.165, 1.54) is 43.2 Å². The summed E-state index contributed by atoms with van der Waals surface area (Å²) in [5.41, 5.74) is 5.91. The number of rotatable bonds is 5. The predicted octanol–water partition coefficient (Wildman–Crippen LogP) is 5.97. The minimum absolute atomic E-state index is 0.341. The van der Waals surface area contributed by atoms with Crippen molar-refractivity contribution in [1.82, 2.24) is 4.90 Å². The molecular weight excluding hydrogens is 408 g/mol. The van der Waals surface area contributed by atoms with Crippen molar-refractivity contribution in [2.45, 2.75) is 38.5 Å². The van der Waals surface area contributed by atoms with E-state index in [9.17, 15) is 4.79 Å². The molecule has 2 aliphatic rings. The van der Waals surface area contributed by atoms with Crippen LogP contribution in [0.2, 0.25) is 5.02 Å². The number of aromatic carboxylic acids is 1. The average molecular weight is 439 g/mol. The van der Waals surface area contributed by atoms with Crippen LogP contribution in [0.1, 0.15) is 54.4 Å². The first-order valence-corrected chi connectivity index (χ1v) is 11.8. The number of anilines is 1. The summed E-state index contributed by atoms with van der Waals surface area (Å²) < 4.78 is 0. The zero-order valence-electron chi connectivity index (χ0n) is 18.0. The summed E-state index contributed by atoms with van der Waals surface area (Å²) in [6, 6.07) is 15.6. The van der Waals surface area contributed by atoms with Gasteiger partial charge in [0.1, 0.15) is 0 Å². The zero-order valence-corrected chi connectivity index (χ0v) is 18.8. The number of allylic oxidation sites excluding steroid dienone is 1. The van der Waals surface area contributed by atoms with E-state index in [2.05, 4.69) is 21.9 Å². The molecular formula is C26H31ClN2O2. The van der Waals surface area contributed by atoms with Crippen LogP contribution in [0.3, 0.4) is 0 Å². The number of halogens is 1. The Morgan fingerprint density at radius 2 is 1.48 bits per heavy atom. The molecule has 0 bridgehead atoms. The number of nitrogens with zero attached hydrogens (tertiary/aromatic N) is 2. The summed E-state index contributed by atoms with van der Waals surface area (Å²) in [4.78, 5) is 16.0. The molecule has 164 valence electrons. The molecule has 2 aromatic rings. The minimum atomic E-state index is -0.875. The van der Waals surface area contributed by atoms with Gasteiger partial charge in [0, 0.05) is 43.4 Å². The third kappa shape index (κ3) is 5.69. The molecule has 1 aliphatic carbocycles. The number of carboxylic acids is 1. The fraction of sp³-hybridized carbons (Fsp3) is 0.423. The predicted molar refractivity (Wildman–Crippen MR) is 128 cm³/mol. The van der Waals surface area contributed by atoms with Gasteiger partial charge in [0.05, 0.1) is 5.56 Å². The lowest BCUT2D eigenvalue weighted by molar-refractivity contribution is 0.0697. The van der Waals surface area contributed by atoms with E-state index in [4.69, 9.17) is 16.7 Å². The molecule has 5 heteroatoms. The Morgan fingerprint density at radius 3 is 2.13 bits per heavy atom. The summed E-state index contributed by atoms with van der Waals surface area (Å²) in [7, 11) is 0. The van der Waals surface area contributed by atoms with Crippen molar-refractivity contribution in [3.05, 3.63) is 70.3 Å². The van der Waals surface area contributed by atoms with Crippen LogP contribution in [-0.4, -0.2) is 48.7 Å². The molecule has 0 spiro atoms. The Hall–Kier alpha value is -2.30. The van der Waals surface area contributed by atoms with Crippen molar-refractivity contribution in [2.75, 3.05) is 37.6 Å². The second kappa shape index (κ2) is 10.3. The van der Waals surface area contributed by atoms with Crippen LogP contribution in [0.4, 0.5) is 5.69 Å². The van der Waals surface area contributed by atoms with Gasteiger partial charge < -0.3 is 10.0 Å². The molecule has 0 amide bonds. The van der Waals surface area contributed by atoms with Gasteiger partial charge in [0.15, 0.2) is 0 Å². The van der Waals surface area contributed by atoms with Gasteiger partial charge in [-0.1, -0.05) is 42.1 Å². The van der Waals surface area contributed by atoms with Gasteiger partial charge in [-0.15, -0.1) is 0 Å². The molecule has 4 nitrogen and oxygen atoms in total. The van der Waals surface area contributed by atoms with Crippen LogP contribution in [0, 0.1) is 0 Å². The van der Waals surface area contributed by atoms with Crippen molar-refractivity contribution in [2.24, 2.45) is 0 Å². The van der Waals surface area contributed by atoms with Gasteiger partial charge in [-0.05, 0) is 73.2 Å². The van der Waals surface area contributed by atoms with Crippen molar-refractivity contribution >= 4 is 28.8 Å². The maximum Gasteiger partial charge on any atom is 0.335 e. The number of hydrogen-bond donors (Lipinski definition) is 1. The van der Waals surface area contributed by atoms with Gasteiger partial charge in [0.25, 0.3) is 0 Å². The molecule has 0 aromatic heterocycles. The first-order valence-electron chi connectivity index (χ1n) is 11.4. The van der Waals surface area contributed by atoms with Crippen molar-refractivity contribution in [3.63, 3.8) is 0 Å².